The zero-order valence-electron chi connectivity index (χ0n) is 17.4. The van der Waals surface area contributed by atoms with E-state index >= 15 is 0 Å². The first-order valence-corrected chi connectivity index (χ1v) is 9.55. The molecule has 0 bridgehead atoms. The molecule has 1 unspecified atom stereocenters. The Labute approximate surface area is 173 Å². The van der Waals surface area contributed by atoms with Gasteiger partial charge in [0.15, 0.2) is 5.75 Å². The van der Waals surface area contributed by atoms with Gasteiger partial charge in [-0.2, -0.15) is 0 Å². The van der Waals surface area contributed by atoms with Gasteiger partial charge in [-0.3, -0.25) is 14.9 Å². The largest absolute Gasteiger partial charge is 0.485 e. The number of nitro benzene ring substituents is 1. The van der Waals surface area contributed by atoms with Crippen LogP contribution in [0.4, 0.5) is 10.5 Å². The number of non-ortho nitro benzene ring substituents is 1. The van der Waals surface area contributed by atoms with E-state index < -0.39 is 22.7 Å². The second-order valence-electron chi connectivity index (χ2n) is 8.10. The monoisotopic (exact) mass is 419 g/mol. The van der Waals surface area contributed by atoms with E-state index in [0.717, 1.165) is 0 Å². The van der Waals surface area contributed by atoms with Crippen LogP contribution in [0.5, 0.6) is 5.75 Å². The van der Waals surface area contributed by atoms with Crippen molar-refractivity contribution in [2.24, 2.45) is 7.05 Å². The zero-order chi connectivity index (χ0) is 22.1. The van der Waals surface area contributed by atoms with Crippen molar-refractivity contribution in [3.8, 4) is 5.75 Å². The van der Waals surface area contributed by atoms with Crippen LogP contribution in [-0.4, -0.2) is 58.5 Å². The van der Waals surface area contributed by atoms with Gasteiger partial charge in [-0.1, -0.05) is 0 Å². The molecule has 2 aromatic rings. The summed E-state index contributed by atoms with van der Waals surface area (Å²) in [4.78, 5) is 36.9. The highest BCUT2D eigenvalue weighted by Crippen LogP contribution is 2.22. The molecule has 1 atom stereocenters. The van der Waals surface area contributed by atoms with Gasteiger partial charge < -0.3 is 23.7 Å². The summed E-state index contributed by atoms with van der Waals surface area (Å²) in [6.45, 7) is 6.45. The molecule has 10 nitrogen and oxygen atoms in total. The Morgan fingerprint density at radius 1 is 1.33 bits per heavy atom. The molecule has 3 rings (SSSR count). The predicted molar refractivity (Wildman–Crippen MR) is 109 cm³/mol. The molecular formula is C20H25N3O7. The van der Waals surface area contributed by atoms with Crippen molar-refractivity contribution in [3.05, 3.63) is 44.7 Å². The summed E-state index contributed by atoms with van der Waals surface area (Å²) in [5.74, 6) is 0.0588. The van der Waals surface area contributed by atoms with Gasteiger partial charge in [0.25, 0.3) is 11.2 Å². The van der Waals surface area contributed by atoms with Gasteiger partial charge in [-0.05, 0) is 32.9 Å². The number of nitrogens with zero attached hydrogens (tertiary/aromatic N) is 3. The summed E-state index contributed by atoms with van der Waals surface area (Å²) in [5.41, 5.74) is -0.476. The molecule has 10 heteroatoms. The van der Waals surface area contributed by atoms with Crippen LogP contribution < -0.4 is 10.3 Å². The molecule has 1 aliphatic rings. The third kappa shape index (κ3) is 4.88. The number of benzene rings is 1. The Morgan fingerprint density at radius 2 is 2.07 bits per heavy atom. The quantitative estimate of drug-likeness (QED) is 0.552. The lowest BCUT2D eigenvalue weighted by molar-refractivity contribution is -0.384. The third-order valence-electron chi connectivity index (χ3n) is 4.60. The number of rotatable bonds is 4. The summed E-state index contributed by atoms with van der Waals surface area (Å²) in [7, 11) is 1.57. The van der Waals surface area contributed by atoms with Crippen molar-refractivity contribution < 1.29 is 23.9 Å². The Bertz CT molecular complexity index is 1030. The molecule has 1 aliphatic heterocycles. The minimum atomic E-state index is -0.596. The molecule has 0 radical (unpaired) electrons. The molecule has 162 valence electrons. The minimum Gasteiger partial charge on any atom is -0.485 e. The number of carbonyl (C=O) groups is 1. The Morgan fingerprint density at radius 3 is 2.73 bits per heavy atom. The summed E-state index contributed by atoms with van der Waals surface area (Å²) in [5, 5.41) is 11.5. The summed E-state index contributed by atoms with van der Waals surface area (Å²) >= 11 is 0. The zero-order valence-corrected chi connectivity index (χ0v) is 17.4. The van der Waals surface area contributed by atoms with E-state index in [2.05, 4.69) is 0 Å². The number of hydrogen-bond donors (Lipinski definition) is 0. The first-order chi connectivity index (χ1) is 14.0. The van der Waals surface area contributed by atoms with Crippen molar-refractivity contribution in [1.82, 2.24) is 9.47 Å². The number of morpholine rings is 1. The van der Waals surface area contributed by atoms with E-state index in [1.807, 2.05) is 0 Å². The van der Waals surface area contributed by atoms with Gasteiger partial charge in [0.05, 0.1) is 23.6 Å². The van der Waals surface area contributed by atoms with Crippen molar-refractivity contribution in [2.75, 3.05) is 26.3 Å². The number of fused-ring (bicyclic) bond motifs is 1. The molecule has 0 N–H and O–H groups in total. The molecule has 30 heavy (non-hydrogen) atoms. The lowest BCUT2D eigenvalue weighted by atomic mass is 10.2. The van der Waals surface area contributed by atoms with Crippen LogP contribution in [0.2, 0.25) is 0 Å². The molecule has 2 heterocycles. The van der Waals surface area contributed by atoms with Gasteiger partial charge in [0, 0.05) is 31.1 Å². The van der Waals surface area contributed by atoms with Gasteiger partial charge in [-0.15, -0.1) is 0 Å². The van der Waals surface area contributed by atoms with Crippen LogP contribution in [0, 0.1) is 10.1 Å². The maximum atomic E-state index is 12.6. The smallest absolute Gasteiger partial charge is 0.410 e. The normalized spacial score (nSPS) is 17.1. The summed E-state index contributed by atoms with van der Waals surface area (Å²) in [6.07, 6.45) is -0.860. The number of aryl methyl sites for hydroxylation is 1. The van der Waals surface area contributed by atoms with Crippen molar-refractivity contribution in [2.45, 2.75) is 32.5 Å². The topological polar surface area (TPSA) is 113 Å². The van der Waals surface area contributed by atoms with E-state index in [-0.39, 0.29) is 30.1 Å². The van der Waals surface area contributed by atoms with Crippen LogP contribution in [-0.2, 0) is 16.5 Å². The number of hydrogen-bond acceptors (Lipinski definition) is 7. The van der Waals surface area contributed by atoms with Crippen LogP contribution in [0.25, 0.3) is 10.9 Å². The van der Waals surface area contributed by atoms with Crippen molar-refractivity contribution in [1.29, 1.82) is 0 Å². The molecule has 1 amide bonds. The molecule has 0 spiro atoms. The van der Waals surface area contributed by atoms with E-state index in [1.165, 1.54) is 28.8 Å². The molecule has 0 saturated carbocycles. The second-order valence-corrected chi connectivity index (χ2v) is 8.10. The van der Waals surface area contributed by atoms with Crippen LogP contribution in [0.15, 0.2) is 29.1 Å². The second kappa shape index (κ2) is 8.31. The Balaban J connectivity index is 1.73. The molecule has 1 fully saturated rings. The highest BCUT2D eigenvalue weighted by Gasteiger charge is 2.28. The molecule has 1 aromatic carbocycles. The number of carbonyl (C=O) groups excluding carboxylic acids is 1. The SMILES string of the molecule is Cn1c(=O)c(OCC2CN(C(=O)OC(C)(C)C)CCO2)cc2cc([N+](=O)[O-])ccc21. The molecule has 1 aromatic heterocycles. The van der Waals surface area contributed by atoms with E-state index in [0.29, 0.717) is 24.1 Å². The van der Waals surface area contributed by atoms with Gasteiger partial charge in [0.2, 0.25) is 0 Å². The first kappa shape index (κ1) is 21.6. The van der Waals surface area contributed by atoms with Crippen LogP contribution in [0.1, 0.15) is 20.8 Å². The number of nitro groups is 1. The molecular weight excluding hydrogens is 394 g/mol. The highest BCUT2D eigenvalue weighted by atomic mass is 16.6. The van der Waals surface area contributed by atoms with Crippen molar-refractivity contribution in [3.63, 3.8) is 0 Å². The standard InChI is InChI=1S/C20H25N3O7/c1-20(2,3)30-19(25)22-7-8-28-15(11-22)12-29-17-10-13-9-14(23(26)27)5-6-16(13)21(4)18(17)24/h5-6,9-10,15H,7-8,11-12H2,1-4H3. The fourth-order valence-corrected chi connectivity index (χ4v) is 3.15. The number of pyridine rings is 1. The molecule has 0 aliphatic carbocycles. The van der Waals surface area contributed by atoms with Crippen molar-refractivity contribution >= 4 is 22.7 Å². The van der Waals surface area contributed by atoms with Crippen LogP contribution in [0.3, 0.4) is 0 Å². The highest BCUT2D eigenvalue weighted by molar-refractivity contribution is 5.82. The molecule has 1 saturated heterocycles. The average Bonchev–Trinajstić information content (AvgIpc) is 2.68. The predicted octanol–water partition coefficient (Wildman–Crippen LogP) is 2.46. The Kier molecular flexibility index (Phi) is 5.97. The van der Waals surface area contributed by atoms with E-state index in [9.17, 15) is 19.7 Å². The first-order valence-electron chi connectivity index (χ1n) is 9.55. The Hall–Kier alpha value is -3.14. The average molecular weight is 419 g/mol. The van der Waals surface area contributed by atoms with E-state index in [4.69, 9.17) is 14.2 Å². The van der Waals surface area contributed by atoms with Gasteiger partial charge in [-0.25, -0.2) is 4.79 Å². The fourth-order valence-electron chi connectivity index (χ4n) is 3.15. The van der Waals surface area contributed by atoms with Gasteiger partial charge in [0.1, 0.15) is 18.3 Å². The number of ether oxygens (including phenoxy) is 3. The third-order valence-corrected chi connectivity index (χ3v) is 4.60. The lowest BCUT2D eigenvalue weighted by Crippen LogP contribution is -2.49. The number of aromatic nitrogens is 1. The summed E-state index contributed by atoms with van der Waals surface area (Å²) < 4.78 is 18.1. The van der Waals surface area contributed by atoms with Gasteiger partial charge >= 0.3 is 6.09 Å². The number of amides is 1. The lowest BCUT2D eigenvalue weighted by Gasteiger charge is -2.34. The van der Waals surface area contributed by atoms with Crippen LogP contribution >= 0.6 is 0 Å². The maximum absolute atomic E-state index is 12.6. The van der Waals surface area contributed by atoms with E-state index in [1.54, 1.807) is 32.7 Å². The fraction of sp³-hybridized carbons (Fsp3) is 0.500. The summed E-state index contributed by atoms with van der Waals surface area (Å²) in [6, 6.07) is 5.76. The maximum Gasteiger partial charge on any atom is 0.410 e. The minimum absolute atomic E-state index is 0.0506.